The molecule has 5 heteroatoms. The molecular formula is C14H14N4O. The molecule has 0 bridgehead atoms. The van der Waals surface area contributed by atoms with Crippen molar-refractivity contribution in [3.63, 3.8) is 0 Å². The Morgan fingerprint density at radius 1 is 1.16 bits per heavy atom. The first-order valence-electron chi connectivity index (χ1n) is 6.02. The Bertz CT molecular complexity index is 675. The first-order chi connectivity index (χ1) is 9.36. The third-order valence-corrected chi connectivity index (χ3v) is 2.96. The lowest BCUT2D eigenvalue weighted by molar-refractivity contribution is 0.414. The van der Waals surface area contributed by atoms with Crippen LogP contribution < -0.4 is 10.1 Å². The average molecular weight is 254 g/mol. The van der Waals surface area contributed by atoms with Crippen LogP contribution in [0.1, 0.15) is 5.56 Å². The largest absolute Gasteiger partial charge is 0.497 e. The molecule has 19 heavy (non-hydrogen) atoms. The molecule has 0 aliphatic carbocycles. The minimum atomic E-state index is 0.703. The van der Waals surface area contributed by atoms with E-state index in [1.807, 2.05) is 36.5 Å². The van der Waals surface area contributed by atoms with Crippen LogP contribution in [0.3, 0.4) is 0 Å². The van der Waals surface area contributed by atoms with Crippen molar-refractivity contribution in [1.29, 1.82) is 0 Å². The zero-order valence-electron chi connectivity index (χ0n) is 10.6. The number of nitrogens with one attached hydrogen (secondary N) is 2. The van der Waals surface area contributed by atoms with Crippen LogP contribution in [0, 0.1) is 0 Å². The van der Waals surface area contributed by atoms with Gasteiger partial charge in [-0.2, -0.15) is 0 Å². The fourth-order valence-electron chi connectivity index (χ4n) is 1.94. The van der Waals surface area contributed by atoms with E-state index in [9.17, 15) is 0 Å². The van der Waals surface area contributed by atoms with Gasteiger partial charge in [0.15, 0.2) is 5.82 Å². The Balaban J connectivity index is 1.76. The summed E-state index contributed by atoms with van der Waals surface area (Å²) in [5.74, 6) is 1.67. The van der Waals surface area contributed by atoms with Crippen LogP contribution in [0.25, 0.3) is 11.0 Å². The predicted octanol–water partition coefficient (Wildman–Crippen LogP) is 2.58. The normalized spacial score (nSPS) is 10.6. The van der Waals surface area contributed by atoms with Crippen LogP contribution >= 0.6 is 0 Å². The molecule has 0 saturated carbocycles. The second kappa shape index (κ2) is 4.97. The van der Waals surface area contributed by atoms with Crippen LogP contribution in [-0.4, -0.2) is 22.1 Å². The third kappa shape index (κ3) is 2.35. The van der Waals surface area contributed by atoms with Gasteiger partial charge in [0.05, 0.1) is 12.6 Å². The summed E-state index contributed by atoms with van der Waals surface area (Å²) < 4.78 is 5.13. The molecule has 0 atom stereocenters. The smallest absolute Gasteiger partial charge is 0.154 e. The lowest BCUT2D eigenvalue weighted by atomic mass is 10.2. The second-order valence-corrected chi connectivity index (χ2v) is 4.16. The molecule has 0 spiro atoms. The Morgan fingerprint density at radius 2 is 2.00 bits per heavy atom. The Kier molecular flexibility index (Phi) is 3.02. The van der Waals surface area contributed by atoms with Gasteiger partial charge >= 0.3 is 0 Å². The number of ether oxygens (including phenoxy) is 1. The molecule has 0 saturated heterocycles. The third-order valence-electron chi connectivity index (χ3n) is 2.96. The maximum atomic E-state index is 5.13. The van der Waals surface area contributed by atoms with Gasteiger partial charge in [-0.15, -0.1) is 0 Å². The number of aromatic amines is 1. The molecule has 1 aromatic carbocycles. The number of anilines is 1. The summed E-state index contributed by atoms with van der Waals surface area (Å²) in [5, 5.41) is 3.30. The molecule has 0 amide bonds. The molecule has 0 fully saturated rings. The number of rotatable bonds is 4. The van der Waals surface area contributed by atoms with Crippen molar-refractivity contribution in [2.45, 2.75) is 6.54 Å². The highest BCUT2D eigenvalue weighted by Gasteiger charge is 2.03. The quantitative estimate of drug-likeness (QED) is 0.751. The number of hydrogen-bond acceptors (Lipinski definition) is 4. The number of nitrogens with zero attached hydrogens (tertiary/aromatic N) is 2. The van der Waals surface area contributed by atoms with E-state index in [0.717, 1.165) is 22.6 Å². The zero-order valence-corrected chi connectivity index (χ0v) is 10.6. The van der Waals surface area contributed by atoms with Crippen molar-refractivity contribution in [3.8, 4) is 5.75 Å². The highest BCUT2D eigenvalue weighted by Crippen LogP contribution is 2.18. The Labute approximate surface area is 110 Å². The maximum absolute atomic E-state index is 5.13. The highest BCUT2D eigenvalue weighted by molar-refractivity contribution is 5.85. The van der Waals surface area contributed by atoms with Crippen LogP contribution in [0.2, 0.25) is 0 Å². The van der Waals surface area contributed by atoms with Gasteiger partial charge in [0.1, 0.15) is 17.6 Å². The summed E-state index contributed by atoms with van der Waals surface area (Å²) in [5.41, 5.74) is 3.00. The van der Waals surface area contributed by atoms with Gasteiger partial charge in [-0.1, -0.05) is 12.1 Å². The number of aromatic nitrogens is 3. The first-order valence-corrected chi connectivity index (χ1v) is 6.02. The fourth-order valence-corrected chi connectivity index (χ4v) is 1.94. The molecule has 2 aromatic heterocycles. The van der Waals surface area contributed by atoms with Crippen molar-refractivity contribution in [2.75, 3.05) is 12.4 Å². The molecule has 3 aromatic rings. The number of H-pyrrole nitrogens is 1. The number of hydrogen-bond donors (Lipinski definition) is 2. The van der Waals surface area contributed by atoms with Gasteiger partial charge in [-0.3, -0.25) is 0 Å². The number of benzene rings is 1. The molecule has 0 aliphatic heterocycles. The summed E-state index contributed by atoms with van der Waals surface area (Å²) in [6, 6.07) is 9.87. The minimum Gasteiger partial charge on any atom is -0.497 e. The standard InChI is InChI=1S/C14H14N4O/c1-19-11-4-2-10(3-5-11)8-16-14-13-12(6-7-15-13)17-9-18-14/h2-7,9,15H,8H2,1H3,(H,16,17,18). The van der Waals surface area contributed by atoms with E-state index in [2.05, 4.69) is 20.3 Å². The molecule has 3 rings (SSSR count). The Morgan fingerprint density at radius 3 is 2.79 bits per heavy atom. The van der Waals surface area contributed by atoms with Gasteiger partial charge in [-0.05, 0) is 23.8 Å². The maximum Gasteiger partial charge on any atom is 0.154 e. The monoisotopic (exact) mass is 254 g/mol. The van der Waals surface area contributed by atoms with Gasteiger partial charge < -0.3 is 15.0 Å². The topological polar surface area (TPSA) is 62.8 Å². The Hall–Kier alpha value is -2.56. The zero-order chi connectivity index (χ0) is 13.1. The molecule has 2 N–H and O–H groups in total. The first kappa shape index (κ1) is 11.5. The van der Waals surface area contributed by atoms with Crippen molar-refractivity contribution in [3.05, 3.63) is 48.4 Å². The molecule has 0 radical (unpaired) electrons. The summed E-state index contributed by atoms with van der Waals surface area (Å²) in [6.45, 7) is 0.703. The molecule has 0 unspecified atom stereocenters. The second-order valence-electron chi connectivity index (χ2n) is 4.16. The fraction of sp³-hybridized carbons (Fsp3) is 0.143. The van der Waals surface area contributed by atoms with E-state index in [1.165, 1.54) is 5.56 Å². The van der Waals surface area contributed by atoms with Crippen LogP contribution in [0.15, 0.2) is 42.9 Å². The summed E-state index contributed by atoms with van der Waals surface area (Å²) >= 11 is 0. The van der Waals surface area contributed by atoms with Gasteiger partial charge in [0.2, 0.25) is 0 Å². The van der Waals surface area contributed by atoms with Crippen LogP contribution in [-0.2, 0) is 6.54 Å². The lowest BCUT2D eigenvalue weighted by Crippen LogP contribution is -2.02. The number of fused-ring (bicyclic) bond motifs is 1. The van der Waals surface area contributed by atoms with Crippen molar-refractivity contribution < 1.29 is 4.74 Å². The minimum absolute atomic E-state index is 0.703. The molecule has 0 aliphatic rings. The SMILES string of the molecule is COc1ccc(CNc2ncnc3cc[nH]c23)cc1. The van der Waals surface area contributed by atoms with E-state index in [4.69, 9.17) is 4.74 Å². The average Bonchev–Trinajstić information content (AvgIpc) is 2.94. The summed E-state index contributed by atoms with van der Waals surface area (Å²) in [6.07, 6.45) is 3.42. The molecule has 5 nitrogen and oxygen atoms in total. The summed E-state index contributed by atoms with van der Waals surface area (Å²) in [4.78, 5) is 11.6. The van der Waals surface area contributed by atoms with Crippen LogP contribution in [0.5, 0.6) is 5.75 Å². The molecular weight excluding hydrogens is 240 g/mol. The number of methoxy groups -OCH3 is 1. The van der Waals surface area contributed by atoms with E-state index in [0.29, 0.717) is 6.54 Å². The van der Waals surface area contributed by atoms with Crippen molar-refractivity contribution in [2.24, 2.45) is 0 Å². The summed E-state index contributed by atoms with van der Waals surface area (Å²) in [7, 11) is 1.66. The van der Waals surface area contributed by atoms with Crippen molar-refractivity contribution in [1.82, 2.24) is 15.0 Å². The van der Waals surface area contributed by atoms with E-state index >= 15 is 0 Å². The molecule has 96 valence electrons. The predicted molar refractivity (Wildman–Crippen MR) is 74.2 cm³/mol. The van der Waals surface area contributed by atoms with Crippen LogP contribution in [0.4, 0.5) is 5.82 Å². The van der Waals surface area contributed by atoms with Gasteiger partial charge in [0, 0.05) is 12.7 Å². The highest BCUT2D eigenvalue weighted by atomic mass is 16.5. The molecule has 2 heterocycles. The van der Waals surface area contributed by atoms with Gasteiger partial charge in [0.25, 0.3) is 0 Å². The van der Waals surface area contributed by atoms with Crippen molar-refractivity contribution >= 4 is 16.9 Å². The van der Waals surface area contributed by atoms with E-state index < -0.39 is 0 Å². The van der Waals surface area contributed by atoms with E-state index in [1.54, 1.807) is 13.4 Å². The van der Waals surface area contributed by atoms with Gasteiger partial charge in [-0.25, -0.2) is 9.97 Å². The van der Waals surface area contributed by atoms with E-state index in [-0.39, 0.29) is 0 Å². The lowest BCUT2D eigenvalue weighted by Gasteiger charge is -2.07.